The van der Waals surface area contributed by atoms with Crippen molar-refractivity contribution in [2.45, 2.75) is 12.3 Å². The molecule has 7 nitrogen and oxygen atoms in total. The van der Waals surface area contributed by atoms with Crippen LogP contribution < -0.4 is 23.7 Å². The molecule has 2 heterocycles. The highest BCUT2D eigenvalue weighted by Crippen LogP contribution is 2.50. The molecule has 1 atom stereocenters. The number of ketones is 1. The number of benzene rings is 3. The first-order chi connectivity index (χ1) is 16.5. The van der Waals surface area contributed by atoms with Crippen LogP contribution in [0.4, 0.5) is 0 Å². The SMILES string of the molecule is COc1ccc(C=C2Oc3c(ccc4c3C(c3ccccc3OC)CC(=O)O4)C2=O)cc1OC. The van der Waals surface area contributed by atoms with E-state index in [4.69, 9.17) is 23.7 Å². The molecule has 0 fully saturated rings. The van der Waals surface area contributed by atoms with Crippen LogP contribution in [0.2, 0.25) is 0 Å². The Morgan fingerprint density at radius 2 is 1.62 bits per heavy atom. The van der Waals surface area contributed by atoms with E-state index >= 15 is 0 Å². The molecule has 7 heteroatoms. The van der Waals surface area contributed by atoms with Crippen molar-refractivity contribution in [3.63, 3.8) is 0 Å². The average molecular weight is 458 g/mol. The fourth-order valence-corrected chi connectivity index (χ4v) is 4.42. The summed E-state index contributed by atoms with van der Waals surface area (Å²) in [7, 11) is 4.69. The van der Waals surface area contributed by atoms with Crippen LogP contribution in [0, 0.1) is 0 Å². The van der Waals surface area contributed by atoms with Crippen molar-refractivity contribution >= 4 is 17.8 Å². The Labute approximate surface area is 196 Å². The van der Waals surface area contributed by atoms with Crippen LogP contribution in [0.5, 0.6) is 28.7 Å². The molecule has 2 aliphatic rings. The number of hydrogen-bond acceptors (Lipinski definition) is 7. The molecule has 0 N–H and O–H groups in total. The standard InChI is InChI=1S/C27H22O7/c1-30-19-7-5-4-6-16(19)18-14-24(28)33-21-11-9-17-26(29)23(34-27(17)25(18)21)13-15-8-10-20(31-2)22(12-15)32-3/h4-13,18H,14H2,1-3H3. The minimum Gasteiger partial charge on any atom is -0.496 e. The van der Waals surface area contributed by atoms with Crippen molar-refractivity contribution in [2.24, 2.45) is 0 Å². The number of fused-ring (bicyclic) bond motifs is 3. The minimum absolute atomic E-state index is 0.107. The summed E-state index contributed by atoms with van der Waals surface area (Å²) in [6, 6.07) is 16.1. The second-order valence-electron chi connectivity index (χ2n) is 7.88. The van der Waals surface area contributed by atoms with E-state index < -0.39 is 0 Å². The molecule has 172 valence electrons. The number of hydrogen-bond donors (Lipinski definition) is 0. The Balaban J connectivity index is 1.59. The Morgan fingerprint density at radius 1 is 0.853 bits per heavy atom. The molecule has 0 aliphatic carbocycles. The lowest BCUT2D eigenvalue weighted by molar-refractivity contribution is -0.135. The van der Waals surface area contributed by atoms with Gasteiger partial charge >= 0.3 is 5.97 Å². The summed E-state index contributed by atoms with van der Waals surface area (Å²) in [4.78, 5) is 25.6. The van der Waals surface area contributed by atoms with Crippen molar-refractivity contribution < 1.29 is 33.3 Å². The molecule has 0 saturated carbocycles. The highest BCUT2D eigenvalue weighted by Gasteiger charge is 2.39. The number of methoxy groups -OCH3 is 3. The molecule has 0 aromatic heterocycles. The van der Waals surface area contributed by atoms with E-state index in [0.717, 1.165) is 11.1 Å². The van der Waals surface area contributed by atoms with Gasteiger partial charge in [-0.05, 0) is 42.0 Å². The zero-order chi connectivity index (χ0) is 23.8. The molecular weight excluding hydrogens is 436 g/mol. The summed E-state index contributed by atoms with van der Waals surface area (Å²) in [5, 5.41) is 0. The first kappa shape index (κ1) is 21.6. The molecule has 1 unspecified atom stereocenters. The molecule has 34 heavy (non-hydrogen) atoms. The smallest absolute Gasteiger partial charge is 0.312 e. The summed E-state index contributed by atoms with van der Waals surface area (Å²) in [5.41, 5.74) is 2.62. The molecule has 0 bridgehead atoms. The van der Waals surface area contributed by atoms with Gasteiger partial charge in [0.05, 0.1) is 33.3 Å². The fourth-order valence-electron chi connectivity index (χ4n) is 4.42. The second-order valence-corrected chi connectivity index (χ2v) is 7.88. The maximum atomic E-state index is 13.2. The van der Waals surface area contributed by atoms with Gasteiger partial charge in [0, 0.05) is 17.0 Å². The fraction of sp³-hybridized carbons (Fsp3) is 0.185. The number of rotatable bonds is 5. The molecule has 5 rings (SSSR count). The molecule has 3 aromatic rings. The van der Waals surface area contributed by atoms with Gasteiger partial charge in [0.1, 0.15) is 17.2 Å². The van der Waals surface area contributed by atoms with Crippen molar-refractivity contribution in [1.29, 1.82) is 0 Å². The third kappa shape index (κ3) is 3.55. The maximum absolute atomic E-state index is 13.2. The van der Waals surface area contributed by atoms with Gasteiger partial charge in [0.2, 0.25) is 5.78 Å². The van der Waals surface area contributed by atoms with E-state index in [0.29, 0.717) is 39.9 Å². The van der Waals surface area contributed by atoms with Crippen LogP contribution in [-0.2, 0) is 4.79 Å². The lowest BCUT2D eigenvalue weighted by Gasteiger charge is -2.27. The van der Waals surface area contributed by atoms with Gasteiger partial charge in [-0.2, -0.15) is 0 Å². The topological polar surface area (TPSA) is 80.3 Å². The summed E-state index contributed by atoms with van der Waals surface area (Å²) >= 11 is 0. The van der Waals surface area contributed by atoms with Crippen LogP contribution in [0.3, 0.4) is 0 Å². The first-order valence-electron chi connectivity index (χ1n) is 10.7. The van der Waals surface area contributed by atoms with Crippen molar-refractivity contribution in [2.75, 3.05) is 21.3 Å². The highest BCUT2D eigenvalue weighted by molar-refractivity contribution is 6.15. The predicted molar refractivity (Wildman–Crippen MR) is 124 cm³/mol. The van der Waals surface area contributed by atoms with Gasteiger partial charge in [0.25, 0.3) is 0 Å². The number of esters is 1. The number of para-hydroxylation sites is 1. The van der Waals surface area contributed by atoms with Crippen LogP contribution in [0.15, 0.2) is 60.4 Å². The number of allylic oxidation sites excluding steroid dienone is 1. The predicted octanol–water partition coefficient (Wildman–Crippen LogP) is 4.77. The summed E-state index contributed by atoms with van der Waals surface area (Å²) in [6.07, 6.45) is 1.76. The monoisotopic (exact) mass is 458 g/mol. The van der Waals surface area contributed by atoms with Crippen LogP contribution in [0.1, 0.15) is 39.4 Å². The normalized spacial score (nSPS) is 17.5. The quantitative estimate of drug-likeness (QED) is 0.310. The average Bonchev–Trinajstić information content (AvgIpc) is 3.18. The summed E-state index contributed by atoms with van der Waals surface area (Å²) in [6.45, 7) is 0. The largest absolute Gasteiger partial charge is 0.496 e. The molecule has 3 aromatic carbocycles. The van der Waals surface area contributed by atoms with E-state index in [1.165, 1.54) is 0 Å². The first-order valence-corrected chi connectivity index (χ1v) is 10.7. The Kier molecular flexibility index (Phi) is 5.45. The number of carbonyl (C=O) groups excluding carboxylic acids is 2. The Bertz CT molecular complexity index is 1340. The van der Waals surface area contributed by atoms with E-state index in [9.17, 15) is 9.59 Å². The van der Waals surface area contributed by atoms with Gasteiger partial charge in [-0.3, -0.25) is 9.59 Å². The molecule has 0 saturated heterocycles. The lowest BCUT2D eigenvalue weighted by atomic mass is 9.84. The maximum Gasteiger partial charge on any atom is 0.312 e. The third-order valence-corrected chi connectivity index (χ3v) is 6.00. The molecule has 0 amide bonds. The molecule has 2 aliphatic heterocycles. The number of ether oxygens (including phenoxy) is 5. The van der Waals surface area contributed by atoms with Gasteiger partial charge in [-0.15, -0.1) is 0 Å². The zero-order valence-corrected chi connectivity index (χ0v) is 18.9. The second kappa shape index (κ2) is 8.59. The van der Waals surface area contributed by atoms with Crippen molar-refractivity contribution in [1.82, 2.24) is 0 Å². The van der Waals surface area contributed by atoms with Crippen LogP contribution >= 0.6 is 0 Å². The van der Waals surface area contributed by atoms with Crippen molar-refractivity contribution in [3.8, 4) is 28.7 Å². The Hall–Kier alpha value is -4.26. The van der Waals surface area contributed by atoms with E-state index in [2.05, 4.69) is 0 Å². The van der Waals surface area contributed by atoms with E-state index in [1.807, 2.05) is 30.3 Å². The number of Topliss-reactive ketones (excluding diaryl/α,β-unsaturated/α-hetero) is 1. The van der Waals surface area contributed by atoms with Gasteiger partial charge < -0.3 is 23.7 Å². The molecule has 0 radical (unpaired) electrons. The van der Waals surface area contributed by atoms with Gasteiger partial charge in [0.15, 0.2) is 17.3 Å². The van der Waals surface area contributed by atoms with Crippen LogP contribution in [0.25, 0.3) is 6.08 Å². The zero-order valence-electron chi connectivity index (χ0n) is 18.9. The summed E-state index contributed by atoms with van der Waals surface area (Å²) < 4.78 is 27.8. The molecule has 0 spiro atoms. The molecular formula is C27H22O7. The van der Waals surface area contributed by atoms with Crippen LogP contribution in [-0.4, -0.2) is 33.1 Å². The Morgan fingerprint density at radius 3 is 2.38 bits per heavy atom. The highest BCUT2D eigenvalue weighted by atomic mass is 16.5. The third-order valence-electron chi connectivity index (χ3n) is 6.00. The van der Waals surface area contributed by atoms with E-state index in [1.54, 1.807) is 51.7 Å². The van der Waals surface area contributed by atoms with E-state index in [-0.39, 0.29) is 29.9 Å². The van der Waals surface area contributed by atoms with Gasteiger partial charge in [-0.25, -0.2) is 0 Å². The van der Waals surface area contributed by atoms with Gasteiger partial charge in [-0.1, -0.05) is 24.3 Å². The summed E-state index contributed by atoms with van der Waals surface area (Å²) in [5.74, 6) is 1.75. The number of carbonyl (C=O) groups is 2. The minimum atomic E-state index is -0.379. The lowest BCUT2D eigenvalue weighted by Crippen LogP contribution is -2.22. The van der Waals surface area contributed by atoms with Crippen molar-refractivity contribution in [3.05, 3.63) is 82.6 Å².